The summed E-state index contributed by atoms with van der Waals surface area (Å²) in [5.74, 6) is -0.379. The van der Waals surface area contributed by atoms with Crippen LogP contribution in [-0.4, -0.2) is 10.5 Å². The lowest BCUT2D eigenvalue weighted by atomic mass is 10.1. The van der Waals surface area contributed by atoms with Crippen molar-refractivity contribution in [1.82, 2.24) is 4.57 Å². The van der Waals surface area contributed by atoms with E-state index in [4.69, 9.17) is 17.3 Å². The molecule has 120 valence electrons. The average molecular weight is 321 g/mol. The van der Waals surface area contributed by atoms with Gasteiger partial charge in [-0.2, -0.15) is 0 Å². The number of hydrogen-bond donors (Lipinski definition) is 1. The number of benzene rings is 1. The SMILES string of the molecule is CCCCCCCCCn1c(C(N)=O)cc2cc(Cl)ccc21. The Labute approximate surface area is 137 Å². The lowest BCUT2D eigenvalue weighted by molar-refractivity contribution is 0.0991. The highest BCUT2D eigenvalue weighted by molar-refractivity contribution is 6.31. The lowest BCUT2D eigenvalue weighted by Gasteiger charge is -2.09. The molecule has 3 nitrogen and oxygen atoms in total. The fourth-order valence-electron chi connectivity index (χ4n) is 2.91. The van der Waals surface area contributed by atoms with Gasteiger partial charge in [-0.25, -0.2) is 0 Å². The van der Waals surface area contributed by atoms with E-state index in [-0.39, 0.29) is 5.91 Å². The second kappa shape index (κ2) is 8.23. The molecule has 0 radical (unpaired) electrons. The van der Waals surface area contributed by atoms with E-state index >= 15 is 0 Å². The molecule has 22 heavy (non-hydrogen) atoms. The lowest BCUT2D eigenvalue weighted by Crippen LogP contribution is -2.16. The third kappa shape index (κ3) is 4.26. The van der Waals surface area contributed by atoms with Gasteiger partial charge in [0.25, 0.3) is 5.91 Å². The fraction of sp³-hybridized carbons (Fsp3) is 0.500. The number of aromatic nitrogens is 1. The summed E-state index contributed by atoms with van der Waals surface area (Å²) in [5.41, 5.74) is 7.11. The van der Waals surface area contributed by atoms with Crippen molar-refractivity contribution in [2.45, 2.75) is 58.4 Å². The Balaban J connectivity index is 2.00. The van der Waals surface area contributed by atoms with Gasteiger partial charge >= 0.3 is 0 Å². The maximum Gasteiger partial charge on any atom is 0.265 e. The summed E-state index contributed by atoms with van der Waals surface area (Å²) in [6, 6.07) is 7.54. The van der Waals surface area contributed by atoms with Crippen LogP contribution in [0, 0.1) is 0 Å². The minimum Gasteiger partial charge on any atom is -0.364 e. The number of hydrogen-bond acceptors (Lipinski definition) is 1. The molecule has 0 saturated carbocycles. The molecule has 2 rings (SSSR count). The predicted molar refractivity (Wildman–Crippen MR) is 93.5 cm³/mol. The number of nitrogens with zero attached hydrogens (tertiary/aromatic N) is 1. The number of aryl methyl sites for hydroxylation is 1. The van der Waals surface area contributed by atoms with E-state index in [1.165, 1.54) is 38.5 Å². The summed E-state index contributed by atoms with van der Waals surface area (Å²) in [5, 5.41) is 1.65. The van der Waals surface area contributed by atoms with Crippen LogP contribution in [0.1, 0.15) is 62.4 Å². The van der Waals surface area contributed by atoms with Gasteiger partial charge < -0.3 is 10.3 Å². The minimum absolute atomic E-state index is 0.379. The summed E-state index contributed by atoms with van der Waals surface area (Å²) in [7, 11) is 0. The topological polar surface area (TPSA) is 48.0 Å². The molecular formula is C18H25ClN2O. The van der Waals surface area contributed by atoms with Crippen molar-refractivity contribution in [2.75, 3.05) is 0 Å². The molecule has 0 aliphatic rings. The van der Waals surface area contributed by atoms with Crippen LogP contribution in [0.5, 0.6) is 0 Å². The van der Waals surface area contributed by atoms with Crippen LogP contribution < -0.4 is 5.73 Å². The highest BCUT2D eigenvalue weighted by atomic mass is 35.5. The third-order valence-electron chi connectivity index (χ3n) is 4.10. The zero-order valence-electron chi connectivity index (χ0n) is 13.3. The van der Waals surface area contributed by atoms with Crippen LogP contribution in [0.3, 0.4) is 0 Å². The Bertz CT molecular complexity index is 633. The molecule has 0 fully saturated rings. The number of unbranched alkanes of at least 4 members (excludes halogenated alkanes) is 6. The molecule has 0 aliphatic heterocycles. The van der Waals surface area contributed by atoms with E-state index in [9.17, 15) is 4.79 Å². The summed E-state index contributed by atoms with van der Waals surface area (Å²) in [4.78, 5) is 11.7. The van der Waals surface area contributed by atoms with Gasteiger partial charge in [-0.3, -0.25) is 4.79 Å². The van der Waals surface area contributed by atoms with E-state index in [1.807, 2.05) is 28.8 Å². The number of fused-ring (bicyclic) bond motifs is 1. The predicted octanol–water partition coefficient (Wildman–Crippen LogP) is 5.14. The van der Waals surface area contributed by atoms with Crippen molar-refractivity contribution in [3.05, 3.63) is 35.0 Å². The number of nitrogens with two attached hydrogens (primary N) is 1. The first kappa shape index (κ1) is 16.9. The molecule has 1 heterocycles. The summed E-state index contributed by atoms with van der Waals surface area (Å²) in [6.07, 6.45) is 8.76. The number of halogens is 1. The first-order valence-electron chi connectivity index (χ1n) is 8.22. The fourth-order valence-corrected chi connectivity index (χ4v) is 3.09. The first-order chi connectivity index (χ1) is 10.6. The number of carbonyl (C=O) groups is 1. The third-order valence-corrected chi connectivity index (χ3v) is 4.34. The van der Waals surface area contributed by atoms with E-state index in [2.05, 4.69) is 6.92 Å². The van der Waals surface area contributed by atoms with Crippen molar-refractivity contribution >= 4 is 28.4 Å². The minimum atomic E-state index is -0.379. The second-order valence-corrected chi connectivity index (χ2v) is 6.31. The van der Waals surface area contributed by atoms with Gasteiger partial charge in [0.05, 0.1) is 0 Å². The van der Waals surface area contributed by atoms with Crippen LogP contribution >= 0.6 is 11.6 Å². The van der Waals surface area contributed by atoms with Gasteiger partial charge in [-0.1, -0.05) is 57.0 Å². The maximum atomic E-state index is 11.7. The Morgan fingerprint density at radius 2 is 1.77 bits per heavy atom. The molecule has 0 saturated heterocycles. The molecule has 0 unspecified atom stereocenters. The van der Waals surface area contributed by atoms with Gasteiger partial charge in [0.15, 0.2) is 0 Å². The molecule has 0 spiro atoms. The molecule has 0 aliphatic carbocycles. The zero-order chi connectivity index (χ0) is 15.9. The molecule has 4 heteroatoms. The Morgan fingerprint density at radius 3 is 2.45 bits per heavy atom. The van der Waals surface area contributed by atoms with Crippen LogP contribution in [0.15, 0.2) is 24.3 Å². The van der Waals surface area contributed by atoms with Crippen molar-refractivity contribution in [1.29, 1.82) is 0 Å². The summed E-state index contributed by atoms with van der Waals surface area (Å²) in [6.45, 7) is 3.06. The summed E-state index contributed by atoms with van der Waals surface area (Å²) >= 11 is 6.02. The van der Waals surface area contributed by atoms with Gasteiger partial charge in [0, 0.05) is 22.5 Å². The van der Waals surface area contributed by atoms with Gasteiger partial charge in [-0.05, 0) is 30.7 Å². The number of rotatable bonds is 9. The monoisotopic (exact) mass is 320 g/mol. The molecule has 0 atom stereocenters. The van der Waals surface area contributed by atoms with Crippen molar-refractivity contribution in [3.8, 4) is 0 Å². The number of primary amides is 1. The van der Waals surface area contributed by atoms with E-state index in [1.54, 1.807) is 0 Å². The average Bonchev–Trinajstić information content (AvgIpc) is 2.84. The molecule has 2 aromatic rings. The van der Waals surface area contributed by atoms with Crippen LogP contribution in [-0.2, 0) is 6.54 Å². The molecule has 1 aromatic carbocycles. The van der Waals surface area contributed by atoms with Crippen LogP contribution in [0.2, 0.25) is 5.02 Å². The molecule has 1 amide bonds. The Hall–Kier alpha value is -1.48. The van der Waals surface area contributed by atoms with Gasteiger partial charge in [0.2, 0.25) is 0 Å². The van der Waals surface area contributed by atoms with Crippen LogP contribution in [0.25, 0.3) is 10.9 Å². The smallest absolute Gasteiger partial charge is 0.265 e. The number of amides is 1. The Morgan fingerprint density at radius 1 is 1.09 bits per heavy atom. The highest BCUT2D eigenvalue weighted by Crippen LogP contribution is 2.24. The maximum absolute atomic E-state index is 11.7. The van der Waals surface area contributed by atoms with Crippen LogP contribution in [0.4, 0.5) is 0 Å². The largest absolute Gasteiger partial charge is 0.364 e. The van der Waals surface area contributed by atoms with Crippen molar-refractivity contribution in [3.63, 3.8) is 0 Å². The van der Waals surface area contributed by atoms with Gasteiger partial charge in [0.1, 0.15) is 5.69 Å². The number of carbonyl (C=O) groups excluding carboxylic acids is 1. The molecule has 2 N–H and O–H groups in total. The summed E-state index contributed by atoms with van der Waals surface area (Å²) < 4.78 is 2.03. The second-order valence-electron chi connectivity index (χ2n) is 5.87. The first-order valence-corrected chi connectivity index (χ1v) is 8.60. The molecule has 1 aromatic heterocycles. The van der Waals surface area contributed by atoms with E-state index < -0.39 is 0 Å². The molecule has 0 bridgehead atoms. The van der Waals surface area contributed by atoms with E-state index in [0.717, 1.165) is 23.9 Å². The van der Waals surface area contributed by atoms with Crippen molar-refractivity contribution < 1.29 is 4.79 Å². The normalized spacial score (nSPS) is 11.2. The van der Waals surface area contributed by atoms with Crippen molar-refractivity contribution in [2.24, 2.45) is 5.73 Å². The quantitative estimate of drug-likeness (QED) is 0.638. The van der Waals surface area contributed by atoms with Gasteiger partial charge in [-0.15, -0.1) is 0 Å². The standard InChI is InChI=1S/C18H25ClN2O/c1-2-3-4-5-6-7-8-11-21-16-10-9-15(19)12-14(16)13-17(21)18(20)22/h9-10,12-13H,2-8,11H2,1H3,(H2,20,22). The van der Waals surface area contributed by atoms with E-state index in [0.29, 0.717) is 10.7 Å². The highest BCUT2D eigenvalue weighted by Gasteiger charge is 2.12. The molecular weight excluding hydrogens is 296 g/mol. The Kier molecular flexibility index (Phi) is 6.32. The zero-order valence-corrected chi connectivity index (χ0v) is 14.0.